The van der Waals surface area contributed by atoms with Gasteiger partial charge in [0.1, 0.15) is 6.04 Å². The fourth-order valence-corrected chi connectivity index (χ4v) is 5.09. The van der Waals surface area contributed by atoms with E-state index < -0.39 is 12.0 Å². The van der Waals surface area contributed by atoms with Crippen molar-refractivity contribution in [3.8, 4) is 0 Å². The predicted octanol–water partition coefficient (Wildman–Crippen LogP) is 3.93. The second kappa shape index (κ2) is 15.5. The number of carboxylic acids is 1. The number of amides is 1. The van der Waals surface area contributed by atoms with Gasteiger partial charge in [-0.05, 0) is 40.7 Å². The minimum atomic E-state index is -0.995. The number of aromatic amines is 1. The van der Waals surface area contributed by atoms with Crippen LogP contribution < -0.4 is 10.6 Å². The first-order valence-corrected chi connectivity index (χ1v) is 14.7. The van der Waals surface area contributed by atoms with Gasteiger partial charge < -0.3 is 20.7 Å². The molecule has 0 aliphatic carbocycles. The quantitative estimate of drug-likeness (QED) is 0.206. The summed E-state index contributed by atoms with van der Waals surface area (Å²) in [6.07, 6.45) is 7.75. The van der Waals surface area contributed by atoms with Gasteiger partial charge in [-0.25, -0.2) is 9.78 Å². The van der Waals surface area contributed by atoms with Crippen molar-refractivity contribution in [2.45, 2.75) is 51.7 Å². The number of hydrogen-bond donors (Lipinski definition) is 4. The lowest BCUT2D eigenvalue weighted by atomic mass is 9.97. The second-order valence-electron chi connectivity index (χ2n) is 9.80. The highest BCUT2D eigenvalue weighted by molar-refractivity contribution is 7.98. The average molecular weight is 540 g/mol. The lowest BCUT2D eigenvalue weighted by Crippen LogP contribution is -2.50. The van der Waals surface area contributed by atoms with Gasteiger partial charge in [0, 0.05) is 38.3 Å². The fourth-order valence-electron chi connectivity index (χ4n) is 4.61. The molecule has 1 heterocycles. The van der Waals surface area contributed by atoms with Crippen molar-refractivity contribution in [3.05, 3.63) is 66.2 Å². The number of fused-ring (bicyclic) bond motifs is 1. The maximum Gasteiger partial charge on any atom is 0.326 e. The van der Waals surface area contributed by atoms with Crippen molar-refractivity contribution in [2.75, 3.05) is 31.6 Å². The molecule has 0 aliphatic heterocycles. The number of H-pyrrole nitrogens is 1. The Balaban J connectivity index is 1.78. The van der Waals surface area contributed by atoms with Crippen LogP contribution in [0.1, 0.15) is 37.9 Å². The van der Waals surface area contributed by atoms with E-state index in [1.807, 2.05) is 30.7 Å². The Bertz CT molecular complexity index is 1130. The van der Waals surface area contributed by atoms with E-state index in [0.29, 0.717) is 31.2 Å². The topological polar surface area (TPSA) is 110 Å². The molecule has 0 bridgehead atoms. The highest BCUT2D eigenvalue weighted by Gasteiger charge is 2.24. The van der Waals surface area contributed by atoms with Crippen molar-refractivity contribution < 1.29 is 14.7 Å². The minimum absolute atomic E-state index is 0.125. The lowest BCUT2D eigenvalue weighted by Gasteiger charge is -2.32. The van der Waals surface area contributed by atoms with E-state index in [4.69, 9.17) is 0 Å². The van der Waals surface area contributed by atoms with E-state index in [2.05, 4.69) is 63.6 Å². The van der Waals surface area contributed by atoms with Crippen LogP contribution >= 0.6 is 11.8 Å². The molecule has 1 aromatic heterocycles. The van der Waals surface area contributed by atoms with Crippen LogP contribution in [0.3, 0.4) is 0 Å². The molecule has 0 unspecified atom stereocenters. The number of carbonyl (C=O) groups is 2. The first-order chi connectivity index (χ1) is 18.4. The Morgan fingerprint density at radius 2 is 1.97 bits per heavy atom. The smallest absolute Gasteiger partial charge is 0.326 e. The molecular formula is C29H41N5O3S. The lowest BCUT2D eigenvalue weighted by molar-refractivity contribution is -0.142. The molecule has 2 aromatic carbocycles. The first kappa shape index (κ1) is 29.7. The zero-order valence-corrected chi connectivity index (χ0v) is 23.5. The first-order valence-electron chi connectivity index (χ1n) is 13.3. The summed E-state index contributed by atoms with van der Waals surface area (Å²) in [5.41, 5.74) is 2.16. The van der Waals surface area contributed by atoms with Gasteiger partial charge in [0.15, 0.2) is 0 Å². The van der Waals surface area contributed by atoms with Gasteiger partial charge in [0.05, 0.1) is 18.6 Å². The van der Waals surface area contributed by atoms with Gasteiger partial charge >= 0.3 is 5.97 Å². The van der Waals surface area contributed by atoms with Crippen LogP contribution in [0.25, 0.3) is 10.8 Å². The van der Waals surface area contributed by atoms with Crippen LogP contribution in [0.4, 0.5) is 0 Å². The number of aliphatic carboxylic acids is 1. The van der Waals surface area contributed by atoms with Gasteiger partial charge in [0.2, 0.25) is 5.91 Å². The molecule has 9 heteroatoms. The molecule has 206 valence electrons. The minimum Gasteiger partial charge on any atom is -0.480 e. The largest absolute Gasteiger partial charge is 0.480 e. The SMILES string of the molecule is CC[C@H](C)[C@@H](CN(CC(=O)N[C@@H](CCSC)C(=O)O)Cc1cccc2ccccc12)NCCc1c[nH]cn1. The Hall–Kier alpha value is -2.88. The van der Waals surface area contributed by atoms with E-state index in [-0.39, 0.29) is 18.5 Å². The Morgan fingerprint density at radius 3 is 2.68 bits per heavy atom. The molecule has 0 saturated heterocycles. The fraction of sp³-hybridized carbons (Fsp3) is 0.483. The molecule has 4 N–H and O–H groups in total. The summed E-state index contributed by atoms with van der Waals surface area (Å²) in [5, 5.41) is 18.4. The van der Waals surface area contributed by atoms with Gasteiger partial charge in [0.25, 0.3) is 0 Å². The summed E-state index contributed by atoms with van der Waals surface area (Å²) in [4.78, 5) is 34.3. The number of hydrogen-bond acceptors (Lipinski definition) is 6. The number of nitrogens with zero attached hydrogens (tertiary/aromatic N) is 2. The van der Waals surface area contributed by atoms with E-state index in [9.17, 15) is 14.7 Å². The Labute approximate surface area is 230 Å². The molecular weight excluding hydrogens is 498 g/mol. The predicted molar refractivity (Wildman–Crippen MR) is 155 cm³/mol. The molecule has 0 aliphatic rings. The summed E-state index contributed by atoms with van der Waals surface area (Å²) in [6, 6.07) is 13.8. The van der Waals surface area contributed by atoms with Gasteiger partial charge in [-0.2, -0.15) is 11.8 Å². The number of rotatable bonds is 17. The van der Waals surface area contributed by atoms with Crippen LogP contribution in [0.5, 0.6) is 0 Å². The molecule has 3 atom stereocenters. The van der Waals surface area contributed by atoms with Crippen molar-refractivity contribution in [2.24, 2.45) is 5.92 Å². The molecule has 38 heavy (non-hydrogen) atoms. The Morgan fingerprint density at radius 1 is 1.18 bits per heavy atom. The monoisotopic (exact) mass is 539 g/mol. The van der Waals surface area contributed by atoms with E-state index >= 15 is 0 Å². The van der Waals surface area contributed by atoms with Crippen molar-refractivity contribution in [1.82, 2.24) is 25.5 Å². The molecule has 0 spiro atoms. The third-order valence-corrected chi connectivity index (χ3v) is 7.66. The van der Waals surface area contributed by atoms with Gasteiger partial charge in [-0.1, -0.05) is 62.7 Å². The molecule has 1 amide bonds. The van der Waals surface area contributed by atoms with E-state index in [1.165, 1.54) is 0 Å². The summed E-state index contributed by atoms with van der Waals surface area (Å²) < 4.78 is 0. The van der Waals surface area contributed by atoms with Crippen LogP contribution in [-0.4, -0.2) is 75.6 Å². The highest BCUT2D eigenvalue weighted by atomic mass is 32.2. The normalized spacial score (nSPS) is 13.9. The number of aromatic nitrogens is 2. The standard InChI is InChI=1S/C29H41N5O3S/c1-4-21(2)27(31-14-12-24-16-30-20-32-24)18-34(19-28(35)33-26(29(36)37)13-15-38-3)17-23-10-7-9-22-8-5-6-11-25(22)23/h5-11,16,20-21,26-27,31H,4,12-15,17-19H2,1-3H3,(H,30,32)(H,33,35)(H,36,37)/t21-,26-,27+/m0/s1. The van der Waals surface area contributed by atoms with Crippen molar-refractivity contribution in [3.63, 3.8) is 0 Å². The zero-order chi connectivity index (χ0) is 27.3. The van der Waals surface area contributed by atoms with Gasteiger partial charge in [-0.15, -0.1) is 0 Å². The third-order valence-electron chi connectivity index (χ3n) is 7.01. The maximum atomic E-state index is 13.1. The van der Waals surface area contributed by atoms with Gasteiger partial charge in [-0.3, -0.25) is 9.69 Å². The van der Waals surface area contributed by atoms with Crippen LogP contribution in [-0.2, 0) is 22.6 Å². The van der Waals surface area contributed by atoms with E-state index in [1.54, 1.807) is 18.1 Å². The molecule has 3 aromatic rings. The number of carboxylic acid groups (broad SMARTS) is 1. The van der Waals surface area contributed by atoms with Crippen molar-refractivity contribution >= 4 is 34.4 Å². The summed E-state index contributed by atoms with van der Waals surface area (Å²) in [6.45, 7) is 6.56. The maximum absolute atomic E-state index is 13.1. The summed E-state index contributed by atoms with van der Waals surface area (Å²) >= 11 is 1.57. The number of benzene rings is 2. The van der Waals surface area contributed by atoms with Crippen LogP contribution in [0.15, 0.2) is 55.0 Å². The molecule has 8 nitrogen and oxygen atoms in total. The van der Waals surface area contributed by atoms with Crippen LogP contribution in [0.2, 0.25) is 0 Å². The van der Waals surface area contributed by atoms with Crippen LogP contribution in [0, 0.1) is 5.92 Å². The number of imidazole rings is 1. The van der Waals surface area contributed by atoms with Crippen molar-refractivity contribution in [1.29, 1.82) is 0 Å². The summed E-state index contributed by atoms with van der Waals surface area (Å²) in [7, 11) is 0. The summed E-state index contributed by atoms with van der Waals surface area (Å²) in [5.74, 6) is -0.197. The Kier molecular flexibility index (Phi) is 12.1. The number of nitrogens with one attached hydrogen (secondary N) is 3. The number of thioether (sulfide) groups is 1. The second-order valence-corrected chi connectivity index (χ2v) is 10.8. The average Bonchev–Trinajstić information content (AvgIpc) is 3.43. The molecule has 0 radical (unpaired) electrons. The molecule has 3 rings (SSSR count). The molecule has 0 saturated carbocycles. The molecule has 0 fully saturated rings. The highest BCUT2D eigenvalue weighted by Crippen LogP contribution is 2.21. The third kappa shape index (κ3) is 9.15. The number of carbonyl (C=O) groups excluding carboxylic acids is 1. The van der Waals surface area contributed by atoms with E-state index in [0.717, 1.165) is 41.4 Å². The zero-order valence-electron chi connectivity index (χ0n) is 22.7.